The van der Waals surface area contributed by atoms with Crippen molar-refractivity contribution in [2.45, 2.75) is 310 Å². The second-order valence-electron chi connectivity index (χ2n) is 19.0. The predicted molar refractivity (Wildman–Crippen MR) is 257 cm³/mol. The fourth-order valence-electron chi connectivity index (χ4n) is 8.22. The molecule has 356 valence electrons. The Bertz CT molecular complexity index is 903. The van der Waals surface area contributed by atoms with Crippen LogP contribution in [0, 0.1) is 5.92 Å². The molecule has 0 unspecified atom stereocenters. The number of ether oxygens (including phenoxy) is 3. The van der Waals surface area contributed by atoms with Gasteiger partial charge in [0.25, 0.3) is 0 Å². The fourth-order valence-corrected chi connectivity index (χ4v) is 8.22. The zero-order valence-electron chi connectivity index (χ0n) is 40.9. The molecule has 60 heavy (non-hydrogen) atoms. The molecule has 0 spiro atoms. The highest BCUT2D eigenvalue weighted by atomic mass is 16.6. The summed E-state index contributed by atoms with van der Waals surface area (Å²) in [5.74, 6) is 0.00929. The van der Waals surface area contributed by atoms with E-state index in [0.29, 0.717) is 19.3 Å². The molecule has 6 heteroatoms. The number of rotatable bonds is 49. The Morgan fingerprint density at radius 2 is 0.550 bits per heavy atom. The summed E-state index contributed by atoms with van der Waals surface area (Å²) in [6, 6.07) is 0. The van der Waals surface area contributed by atoms with Crippen molar-refractivity contribution in [1.29, 1.82) is 0 Å². The van der Waals surface area contributed by atoms with Crippen molar-refractivity contribution in [2.24, 2.45) is 5.92 Å². The summed E-state index contributed by atoms with van der Waals surface area (Å²) in [6.07, 6.45) is 50.9. The summed E-state index contributed by atoms with van der Waals surface area (Å²) in [7, 11) is 0. The topological polar surface area (TPSA) is 78.9 Å². The average Bonchev–Trinajstić information content (AvgIpc) is 3.23. The molecule has 0 aromatic heterocycles. The van der Waals surface area contributed by atoms with Gasteiger partial charge in [-0.3, -0.25) is 14.4 Å². The van der Waals surface area contributed by atoms with Crippen LogP contribution in [0.5, 0.6) is 0 Å². The molecule has 0 heterocycles. The van der Waals surface area contributed by atoms with Crippen LogP contribution in [-0.2, 0) is 28.6 Å². The smallest absolute Gasteiger partial charge is 0.306 e. The van der Waals surface area contributed by atoms with Crippen molar-refractivity contribution in [3.63, 3.8) is 0 Å². The minimum absolute atomic E-state index is 0.0624. The number of unbranched alkanes of at least 4 members (excludes halogenated alkanes) is 36. The van der Waals surface area contributed by atoms with Crippen LogP contribution in [-0.4, -0.2) is 37.2 Å². The number of carbonyl (C=O) groups excluding carboxylic acids is 3. The van der Waals surface area contributed by atoms with Crippen LogP contribution in [0.25, 0.3) is 0 Å². The minimum atomic E-state index is -0.760. The first-order valence-corrected chi connectivity index (χ1v) is 26.9. The molecule has 0 radical (unpaired) electrons. The van der Waals surface area contributed by atoms with E-state index in [-0.39, 0.29) is 31.1 Å². The molecule has 0 N–H and O–H groups in total. The highest BCUT2D eigenvalue weighted by molar-refractivity contribution is 5.71. The molecule has 0 bridgehead atoms. The molecular weight excluding hydrogens is 745 g/mol. The van der Waals surface area contributed by atoms with Gasteiger partial charge in [-0.25, -0.2) is 0 Å². The summed E-state index contributed by atoms with van der Waals surface area (Å²) in [5, 5.41) is 0. The number of esters is 3. The largest absolute Gasteiger partial charge is 0.462 e. The van der Waals surface area contributed by atoms with E-state index in [1.165, 1.54) is 199 Å². The molecule has 0 fully saturated rings. The predicted octanol–water partition coefficient (Wildman–Crippen LogP) is 17.5. The Labute approximate surface area is 374 Å². The first-order chi connectivity index (χ1) is 29.4. The minimum Gasteiger partial charge on any atom is -0.462 e. The Morgan fingerprint density at radius 1 is 0.317 bits per heavy atom. The lowest BCUT2D eigenvalue weighted by atomic mass is 10.0. The Hall–Kier alpha value is -1.59. The number of carbonyl (C=O) groups is 3. The maximum absolute atomic E-state index is 12.8. The first kappa shape index (κ1) is 58.4. The zero-order chi connectivity index (χ0) is 43.8. The molecular formula is C54H104O6. The quantitative estimate of drug-likeness (QED) is 0.0345. The van der Waals surface area contributed by atoms with Crippen molar-refractivity contribution in [3.8, 4) is 0 Å². The van der Waals surface area contributed by atoms with Gasteiger partial charge in [-0.2, -0.15) is 0 Å². The highest BCUT2D eigenvalue weighted by Crippen LogP contribution is 2.17. The molecule has 0 amide bonds. The van der Waals surface area contributed by atoms with Gasteiger partial charge in [-0.15, -0.1) is 0 Å². The molecule has 0 aromatic rings. The maximum atomic E-state index is 12.8. The lowest BCUT2D eigenvalue weighted by Crippen LogP contribution is -2.30. The number of hydrogen-bond donors (Lipinski definition) is 0. The van der Waals surface area contributed by atoms with Crippen molar-refractivity contribution in [2.75, 3.05) is 13.2 Å². The molecule has 0 aliphatic carbocycles. The normalized spacial score (nSPS) is 11.9. The van der Waals surface area contributed by atoms with Crippen molar-refractivity contribution < 1.29 is 28.6 Å². The number of hydrogen-bond acceptors (Lipinski definition) is 6. The van der Waals surface area contributed by atoms with E-state index in [9.17, 15) is 14.4 Å². The van der Waals surface area contributed by atoms with Gasteiger partial charge in [-0.1, -0.05) is 265 Å². The summed E-state index contributed by atoms with van der Waals surface area (Å²) >= 11 is 0. The lowest BCUT2D eigenvalue weighted by molar-refractivity contribution is -0.167. The van der Waals surface area contributed by atoms with Crippen molar-refractivity contribution >= 4 is 17.9 Å². The third-order valence-corrected chi connectivity index (χ3v) is 12.3. The zero-order valence-corrected chi connectivity index (χ0v) is 40.9. The molecule has 0 aliphatic rings. The van der Waals surface area contributed by atoms with Gasteiger partial charge in [0, 0.05) is 19.3 Å². The van der Waals surface area contributed by atoms with Crippen LogP contribution in [0.2, 0.25) is 0 Å². The third-order valence-electron chi connectivity index (χ3n) is 12.3. The Balaban J connectivity index is 4.25. The standard InChI is InChI=1S/C54H104O6/c1-5-7-9-11-13-15-17-22-26-30-34-38-42-46-53(56)59-49-51(48-58-52(55)45-41-37-33-29-16-14-12-10-8-6-2)60-54(57)47-43-39-35-31-27-24-21-19-18-20-23-25-28-32-36-40-44-50(3)4/h50-51H,5-49H2,1-4H3/t51-/m0/s1. The van der Waals surface area contributed by atoms with E-state index in [4.69, 9.17) is 14.2 Å². The van der Waals surface area contributed by atoms with Crippen LogP contribution in [0.4, 0.5) is 0 Å². The third kappa shape index (κ3) is 47.5. The van der Waals surface area contributed by atoms with Gasteiger partial charge in [0.15, 0.2) is 6.10 Å². The van der Waals surface area contributed by atoms with Crippen molar-refractivity contribution in [1.82, 2.24) is 0 Å². The molecule has 0 aliphatic heterocycles. The van der Waals surface area contributed by atoms with Gasteiger partial charge < -0.3 is 14.2 Å². The van der Waals surface area contributed by atoms with Gasteiger partial charge in [0.1, 0.15) is 13.2 Å². The van der Waals surface area contributed by atoms with Crippen LogP contribution in [0.15, 0.2) is 0 Å². The summed E-state index contributed by atoms with van der Waals surface area (Å²) in [4.78, 5) is 37.9. The average molecular weight is 849 g/mol. The van der Waals surface area contributed by atoms with Crippen LogP contribution in [0.3, 0.4) is 0 Å². The van der Waals surface area contributed by atoms with E-state index < -0.39 is 6.10 Å². The van der Waals surface area contributed by atoms with E-state index in [1.807, 2.05) is 0 Å². The molecule has 0 saturated heterocycles. The van der Waals surface area contributed by atoms with E-state index in [0.717, 1.165) is 63.7 Å². The molecule has 6 nitrogen and oxygen atoms in total. The van der Waals surface area contributed by atoms with E-state index >= 15 is 0 Å². The van der Waals surface area contributed by atoms with Gasteiger partial charge in [0.05, 0.1) is 0 Å². The first-order valence-electron chi connectivity index (χ1n) is 26.9. The van der Waals surface area contributed by atoms with Crippen LogP contribution >= 0.6 is 0 Å². The SMILES string of the molecule is CCCCCCCCCCCCCCCC(=O)OC[C@H](COC(=O)CCCCCCCCCCCC)OC(=O)CCCCCCCCCCCCCCCCCCC(C)C. The Morgan fingerprint density at radius 3 is 0.817 bits per heavy atom. The lowest BCUT2D eigenvalue weighted by Gasteiger charge is -2.18. The summed E-state index contributed by atoms with van der Waals surface area (Å²) < 4.78 is 16.8. The highest BCUT2D eigenvalue weighted by Gasteiger charge is 2.19. The molecule has 0 saturated carbocycles. The summed E-state index contributed by atoms with van der Waals surface area (Å²) in [5.41, 5.74) is 0. The fraction of sp³-hybridized carbons (Fsp3) is 0.944. The van der Waals surface area contributed by atoms with Crippen LogP contribution in [0.1, 0.15) is 304 Å². The van der Waals surface area contributed by atoms with Gasteiger partial charge in [-0.05, 0) is 25.2 Å². The van der Waals surface area contributed by atoms with E-state index in [1.54, 1.807) is 0 Å². The van der Waals surface area contributed by atoms with Gasteiger partial charge >= 0.3 is 17.9 Å². The molecule has 0 aromatic carbocycles. The molecule has 0 rings (SSSR count). The maximum Gasteiger partial charge on any atom is 0.306 e. The Kier molecular flexibility index (Phi) is 47.2. The monoisotopic (exact) mass is 849 g/mol. The van der Waals surface area contributed by atoms with Crippen molar-refractivity contribution in [3.05, 3.63) is 0 Å². The summed E-state index contributed by atoms with van der Waals surface area (Å²) in [6.45, 7) is 9.04. The second-order valence-corrected chi connectivity index (χ2v) is 19.0. The van der Waals surface area contributed by atoms with Crippen LogP contribution < -0.4 is 0 Å². The molecule has 1 atom stereocenters. The second kappa shape index (κ2) is 48.4. The van der Waals surface area contributed by atoms with E-state index in [2.05, 4.69) is 27.7 Å². The van der Waals surface area contributed by atoms with Gasteiger partial charge in [0.2, 0.25) is 0 Å².